The summed E-state index contributed by atoms with van der Waals surface area (Å²) in [6.07, 6.45) is 1.08. The van der Waals surface area contributed by atoms with Gasteiger partial charge in [0.2, 0.25) is 5.82 Å². The number of hydrogen-bond acceptors (Lipinski definition) is 4. The van der Waals surface area contributed by atoms with Gasteiger partial charge in [0.1, 0.15) is 12.9 Å². The number of alkyl halides is 2. The molecule has 6 nitrogen and oxygen atoms in total. The van der Waals surface area contributed by atoms with Crippen molar-refractivity contribution in [1.82, 2.24) is 20.5 Å². The Morgan fingerprint density at radius 3 is 2.93 bits per heavy atom. The number of nitrogens with zero attached hydrogens (tertiary/aromatic N) is 2. The highest BCUT2D eigenvalue weighted by atomic mass is 19.3. The smallest absolute Gasteiger partial charge is 0.288 e. The van der Waals surface area contributed by atoms with Gasteiger partial charge in [-0.05, 0) is 0 Å². The third kappa shape index (κ3) is 2.73. The molecular formula is C6H8F2N4O2. The number of aromatic amines is 1. The van der Waals surface area contributed by atoms with E-state index < -0.39 is 25.0 Å². The number of H-pyrrole nitrogens is 1. The van der Waals surface area contributed by atoms with E-state index in [9.17, 15) is 13.6 Å². The molecule has 0 saturated heterocycles. The van der Waals surface area contributed by atoms with Crippen molar-refractivity contribution < 1.29 is 18.7 Å². The van der Waals surface area contributed by atoms with Crippen LogP contribution in [0.25, 0.3) is 0 Å². The zero-order chi connectivity index (χ0) is 10.6. The van der Waals surface area contributed by atoms with Gasteiger partial charge in [0.15, 0.2) is 0 Å². The van der Waals surface area contributed by atoms with Gasteiger partial charge in [-0.2, -0.15) is 5.10 Å². The maximum absolute atomic E-state index is 12.4. The van der Waals surface area contributed by atoms with Crippen molar-refractivity contribution in [2.24, 2.45) is 0 Å². The number of nitrogens with one attached hydrogen (secondary N) is 2. The largest absolute Gasteiger partial charge is 0.390 e. The van der Waals surface area contributed by atoms with Crippen molar-refractivity contribution in [3.63, 3.8) is 0 Å². The highest BCUT2D eigenvalue weighted by molar-refractivity contribution is 5.90. The van der Waals surface area contributed by atoms with Crippen molar-refractivity contribution in [3.05, 3.63) is 12.2 Å². The van der Waals surface area contributed by atoms with Crippen LogP contribution in [0.15, 0.2) is 6.33 Å². The third-order valence-corrected chi connectivity index (χ3v) is 1.37. The summed E-state index contributed by atoms with van der Waals surface area (Å²) < 4.78 is 24.9. The Labute approximate surface area is 77.3 Å². The number of halogens is 2. The first-order valence-electron chi connectivity index (χ1n) is 3.67. The fourth-order valence-corrected chi connectivity index (χ4v) is 0.664. The molecule has 0 atom stereocenters. The molecule has 0 bridgehead atoms. The predicted molar refractivity (Wildman–Crippen MR) is 40.7 cm³/mol. The van der Waals surface area contributed by atoms with E-state index in [0.717, 1.165) is 6.33 Å². The van der Waals surface area contributed by atoms with Gasteiger partial charge in [0.25, 0.3) is 11.8 Å². The van der Waals surface area contributed by atoms with E-state index in [1.807, 2.05) is 5.32 Å². The number of rotatable bonds is 4. The first-order chi connectivity index (χ1) is 6.55. The molecule has 0 fully saturated rings. The predicted octanol–water partition coefficient (Wildman–Crippen LogP) is -0.838. The van der Waals surface area contributed by atoms with Gasteiger partial charge in [-0.25, -0.2) is 13.8 Å². The number of carbonyl (C=O) groups is 1. The van der Waals surface area contributed by atoms with Crippen LogP contribution in [0.5, 0.6) is 0 Å². The molecule has 0 saturated carbocycles. The SMILES string of the molecule is O=C(NCC(F)(F)CO)c1ncn[nH]1. The molecule has 0 radical (unpaired) electrons. The van der Waals surface area contributed by atoms with Crippen LogP contribution in [-0.4, -0.2) is 45.3 Å². The second-order valence-corrected chi connectivity index (χ2v) is 2.53. The molecule has 0 aromatic carbocycles. The summed E-state index contributed by atoms with van der Waals surface area (Å²) in [5, 5.41) is 15.7. The van der Waals surface area contributed by atoms with Crippen LogP contribution in [0, 0.1) is 0 Å². The fourth-order valence-electron chi connectivity index (χ4n) is 0.664. The molecular weight excluding hydrogens is 198 g/mol. The molecule has 78 valence electrons. The first-order valence-corrected chi connectivity index (χ1v) is 3.67. The van der Waals surface area contributed by atoms with Crippen LogP contribution in [-0.2, 0) is 0 Å². The third-order valence-electron chi connectivity index (χ3n) is 1.37. The zero-order valence-corrected chi connectivity index (χ0v) is 7.00. The van der Waals surface area contributed by atoms with Crippen molar-refractivity contribution in [2.45, 2.75) is 5.92 Å². The molecule has 1 rings (SSSR count). The second kappa shape index (κ2) is 4.09. The lowest BCUT2D eigenvalue weighted by Crippen LogP contribution is -2.39. The topological polar surface area (TPSA) is 90.9 Å². The average Bonchev–Trinajstić information content (AvgIpc) is 2.67. The molecule has 1 amide bonds. The quantitative estimate of drug-likeness (QED) is 0.599. The molecule has 1 heterocycles. The van der Waals surface area contributed by atoms with Gasteiger partial charge in [-0.1, -0.05) is 0 Å². The Bertz CT molecular complexity index is 301. The second-order valence-electron chi connectivity index (χ2n) is 2.53. The number of aliphatic hydroxyl groups excluding tert-OH is 1. The number of amides is 1. The number of aromatic nitrogens is 3. The van der Waals surface area contributed by atoms with E-state index in [2.05, 4.69) is 15.2 Å². The van der Waals surface area contributed by atoms with E-state index in [1.165, 1.54) is 0 Å². The van der Waals surface area contributed by atoms with Gasteiger partial charge in [-0.15, -0.1) is 0 Å². The van der Waals surface area contributed by atoms with Gasteiger partial charge in [0.05, 0.1) is 6.54 Å². The molecule has 14 heavy (non-hydrogen) atoms. The van der Waals surface area contributed by atoms with Crippen LogP contribution in [0.4, 0.5) is 8.78 Å². The minimum atomic E-state index is -3.32. The summed E-state index contributed by atoms with van der Waals surface area (Å²) in [7, 11) is 0. The first kappa shape index (κ1) is 10.5. The van der Waals surface area contributed by atoms with Crippen LogP contribution < -0.4 is 5.32 Å². The van der Waals surface area contributed by atoms with E-state index >= 15 is 0 Å². The highest BCUT2D eigenvalue weighted by Gasteiger charge is 2.28. The molecule has 0 aliphatic carbocycles. The Hall–Kier alpha value is -1.57. The lowest BCUT2D eigenvalue weighted by molar-refractivity contribution is -0.0462. The number of carbonyl (C=O) groups excluding carboxylic acids is 1. The molecule has 1 aromatic rings. The molecule has 0 aliphatic rings. The summed E-state index contributed by atoms with van der Waals surface area (Å²) in [5.41, 5.74) is 0. The van der Waals surface area contributed by atoms with Crippen molar-refractivity contribution in [1.29, 1.82) is 0 Å². The zero-order valence-electron chi connectivity index (χ0n) is 7.00. The summed E-state index contributed by atoms with van der Waals surface area (Å²) in [6.45, 7) is -2.26. The van der Waals surface area contributed by atoms with E-state index in [4.69, 9.17) is 5.11 Å². The van der Waals surface area contributed by atoms with Crippen molar-refractivity contribution >= 4 is 5.91 Å². The molecule has 8 heteroatoms. The Morgan fingerprint density at radius 1 is 1.71 bits per heavy atom. The van der Waals surface area contributed by atoms with E-state index in [1.54, 1.807) is 0 Å². The van der Waals surface area contributed by atoms with Gasteiger partial charge in [0, 0.05) is 0 Å². The summed E-state index contributed by atoms with van der Waals surface area (Å²) in [4.78, 5) is 14.5. The number of hydrogen-bond donors (Lipinski definition) is 3. The van der Waals surface area contributed by atoms with Crippen LogP contribution in [0.1, 0.15) is 10.6 Å². The highest BCUT2D eigenvalue weighted by Crippen LogP contribution is 2.09. The summed E-state index contributed by atoms with van der Waals surface area (Å²) in [6, 6.07) is 0. The molecule has 0 spiro atoms. The van der Waals surface area contributed by atoms with Crippen LogP contribution >= 0.6 is 0 Å². The van der Waals surface area contributed by atoms with Gasteiger partial charge >= 0.3 is 0 Å². The maximum atomic E-state index is 12.4. The van der Waals surface area contributed by atoms with Crippen molar-refractivity contribution in [2.75, 3.05) is 13.2 Å². The van der Waals surface area contributed by atoms with Gasteiger partial charge < -0.3 is 10.4 Å². The Kier molecular flexibility index (Phi) is 3.07. The normalized spacial score (nSPS) is 11.4. The molecule has 0 unspecified atom stereocenters. The van der Waals surface area contributed by atoms with Crippen LogP contribution in [0.3, 0.4) is 0 Å². The Morgan fingerprint density at radius 2 is 2.43 bits per heavy atom. The van der Waals surface area contributed by atoms with Crippen molar-refractivity contribution in [3.8, 4) is 0 Å². The van der Waals surface area contributed by atoms with Crippen LogP contribution in [0.2, 0.25) is 0 Å². The lowest BCUT2D eigenvalue weighted by atomic mass is 10.3. The fraction of sp³-hybridized carbons (Fsp3) is 0.500. The minimum Gasteiger partial charge on any atom is -0.390 e. The van der Waals surface area contributed by atoms with E-state index in [0.29, 0.717) is 0 Å². The molecule has 0 aliphatic heterocycles. The maximum Gasteiger partial charge on any atom is 0.288 e. The number of aliphatic hydroxyl groups is 1. The monoisotopic (exact) mass is 206 g/mol. The Balaban J connectivity index is 2.43. The standard InChI is InChI=1S/C6H8F2N4O2/c7-6(8,2-13)1-9-5(14)4-10-3-11-12-4/h3,13H,1-2H2,(H,9,14)(H,10,11,12). The van der Waals surface area contributed by atoms with Gasteiger partial charge in [-0.3, -0.25) is 9.89 Å². The average molecular weight is 206 g/mol. The summed E-state index contributed by atoms with van der Waals surface area (Å²) >= 11 is 0. The molecule has 1 aromatic heterocycles. The lowest BCUT2D eigenvalue weighted by Gasteiger charge is -2.12. The minimum absolute atomic E-state index is 0.154. The van der Waals surface area contributed by atoms with E-state index in [-0.39, 0.29) is 5.82 Å². The summed E-state index contributed by atoms with van der Waals surface area (Å²) in [5.74, 6) is -4.27. The molecule has 3 N–H and O–H groups in total.